The number of fused-ring (bicyclic) bond motifs is 1. The lowest BCUT2D eigenvalue weighted by atomic mass is 9.98. The van der Waals surface area contributed by atoms with E-state index in [2.05, 4.69) is 9.80 Å². The van der Waals surface area contributed by atoms with Crippen LogP contribution in [0.5, 0.6) is 0 Å². The standard InChI is InChI=1S/C33H35Cl2FN4O5S/c1-44-12-9-37-5-7-38(8-6-37)22-15-26(34)30(27(35)16-22)32(41)40-19-21-3-2-4-23(31(21)46-20-40)24-18-29(39-10-13-45-14-11-39)25(33(42)43)17-28(24)36/h2-4,15-18H,5-14,19-20H2,1H3,(H,42,43). The second-order valence-corrected chi connectivity index (χ2v) is 13.2. The van der Waals surface area contributed by atoms with Crippen molar-refractivity contribution in [1.29, 1.82) is 0 Å². The Morgan fingerprint density at radius 2 is 1.70 bits per heavy atom. The van der Waals surface area contributed by atoms with Crippen molar-refractivity contribution >= 4 is 58.2 Å². The van der Waals surface area contributed by atoms with Gasteiger partial charge in [0, 0.05) is 75.6 Å². The highest BCUT2D eigenvalue weighted by Crippen LogP contribution is 2.42. The molecule has 3 aliphatic rings. The molecule has 0 atom stereocenters. The second kappa shape index (κ2) is 14.4. The van der Waals surface area contributed by atoms with Crippen LogP contribution in [0.4, 0.5) is 15.8 Å². The second-order valence-electron chi connectivity index (χ2n) is 11.4. The molecule has 0 spiro atoms. The summed E-state index contributed by atoms with van der Waals surface area (Å²) < 4.78 is 26.2. The minimum atomic E-state index is -1.18. The highest BCUT2D eigenvalue weighted by Gasteiger charge is 2.30. The molecule has 0 bridgehead atoms. The molecule has 0 aliphatic carbocycles. The molecule has 3 aliphatic heterocycles. The first-order chi connectivity index (χ1) is 22.2. The third kappa shape index (κ3) is 6.81. The number of rotatable bonds is 8. The number of carbonyl (C=O) groups is 2. The van der Waals surface area contributed by atoms with E-state index in [-0.39, 0.29) is 23.6 Å². The largest absolute Gasteiger partial charge is 0.478 e. The van der Waals surface area contributed by atoms with Crippen molar-refractivity contribution in [1.82, 2.24) is 9.80 Å². The number of halogens is 3. The fourth-order valence-corrected chi connectivity index (χ4v) is 7.96. The van der Waals surface area contributed by atoms with E-state index < -0.39 is 11.8 Å². The number of amides is 1. The van der Waals surface area contributed by atoms with Gasteiger partial charge in [-0.15, -0.1) is 11.8 Å². The van der Waals surface area contributed by atoms with E-state index in [1.165, 1.54) is 11.8 Å². The summed E-state index contributed by atoms with van der Waals surface area (Å²) in [5.74, 6) is -1.76. The Labute approximate surface area is 281 Å². The Kier molecular flexibility index (Phi) is 10.3. The summed E-state index contributed by atoms with van der Waals surface area (Å²) in [7, 11) is 1.70. The van der Waals surface area contributed by atoms with Gasteiger partial charge in [-0.1, -0.05) is 41.4 Å². The smallest absolute Gasteiger partial charge is 0.337 e. The lowest BCUT2D eigenvalue weighted by molar-refractivity contribution is 0.0695. The maximum Gasteiger partial charge on any atom is 0.337 e. The van der Waals surface area contributed by atoms with Gasteiger partial charge in [-0.2, -0.15) is 0 Å². The Hall–Kier alpha value is -3.06. The molecule has 9 nitrogen and oxygen atoms in total. The Morgan fingerprint density at radius 1 is 0.978 bits per heavy atom. The number of morpholine rings is 1. The van der Waals surface area contributed by atoms with Gasteiger partial charge in [0.1, 0.15) is 5.82 Å². The molecule has 2 fully saturated rings. The van der Waals surface area contributed by atoms with E-state index in [0.717, 1.165) is 54.9 Å². The SMILES string of the molecule is COCCN1CCN(c2cc(Cl)c(C(=O)N3CSc4c(cccc4-c4cc(N5CCOCC5)c(C(=O)O)cc4F)C3)c(Cl)c2)CC1. The Balaban J connectivity index is 1.22. The number of benzene rings is 3. The van der Waals surface area contributed by atoms with Gasteiger partial charge < -0.3 is 29.3 Å². The van der Waals surface area contributed by atoms with Crippen LogP contribution in [0.2, 0.25) is 10.0 Å². The molecule has 1 amide bonds. The predicted molar refractivity (Wildman–Crippen MR) is 179 cm³/mol. The number of carboxylic acids is 1. The van der Waals surface area contributed by atoms with Crippen LogP contribution < -0.4 is 9.80 Å². The third-order valence-corrected chi connectivity index (χ3v) is 10.5. The number of piperazine rings is 1. The average Bonchev–Trinajstić information content (AvgIpc) is 3.07. The molecule has 3 aromatic carbocycles. The van der Waals surface area contributed by atoms with Crippen molar-refractivity contribution in [2.75, 3.05) is 88.4 Å². The van der Waals surface area contributed by atoms with Crippen LogP contribution in [0, 0.1) is 5.82 Å². The first-order valence-corrected chi connectivity index (χ1v) is 16.9. The molecule has 13 heteroatoms. The summed E-state index contributed by atoms with van der Waals surface area (Å²) in [5.41, 5.74) is 3.35. The Morgan fingerprint density at radius 3 is 2.37 bits per heavy atom. The molecule has 3 heterocycles. The van der Waals surface area contributed by atoms with Gasteiger partial charge in [0.25, 0.3) is 5.91 Å². The van der Waals surface area contributed by atoms with Crippen LogP contribution in [-0.4, -0.2) is 105 Å². The van der Waals surface area contributed by atoms with Crippen LogP contribution in [0.1, 0.15) is 26.3 Å². The van der Waals surface area contributed by atoms with Crippen molar-refractivity contribution in [2.24, 2.45) is 0 Å². The number of ether oxygens (including phenoxy) is 2. The summed E-state index contributed by atoms with van der Waals surface area (Å²) in [5, 5.41) is 10.4. The minimum Gasteiger partial charge on any atom is -0.478 e. The summed E-state index contributed by atoms with van der Waals surface area (Å²) >= 11 is 14.9. The average molecular weight is 690 g/mol. The van der Waals surface area contributed by atoms with E-state index in [1.54, 1.807) is 18.1 Å². The van der Waals surface area contributed by atoms with Crippen molar-refractivity contribution in [3.8, 4) is 11.1 Å². The lowest BCUT2D eigenvalue weighted by Crippen LogP contribution is -2.47. The minimum absolute atomic E-state index is 0.0820. The fourth-order valence-electron chi connectivity index (χ4n) is 6.18. The number of carboxylic acid groups (broad SMARTS) is 1. The zero-order valence-corrected chi connectivity index (χ0v) is 27.8. The molecule has 0 saturated carbocycles. The molecule has 0 aromatic heterocycles. The van der Waals surface area contributed by atoms with Crippen LogP contribution in [-0.2, 0) is 16.0 Å². The Bertz CT molecular complexity index is 1610. The maximum absolute atomic E-state index is 15.5. The number of carbonyl (C=O) groups excluding carboxylic acids is 1. The highest BCUT2D eigenvalue weighted by atomic mass is 35.5. The van der Waals surface area contributed by atoms with E-state index in [1.807, 2.05) is 35.2 Å². The molecule has 46 heavy (non-hydrogen) atoms. The molecule has 1 N–H and O–H groups in total. The number of hydrogen-bond donors (Lipinski definition) is 1. The summed E-state index contributed by atoms with van der Waals surface area (Å²) in [6, 6.07) is 11.9. The maximum atomic E-state index is 15.5. The van der Waals surface area contributed by atoms with Crippen molar-refractivity contribution < 1.29 is 28.6 Å². The topological polar surface area (TPSA) is 85.8 Å². The van der Waals surface area contributed by atoms with Crippen molar-refractivity contribution in [3.63, 3.8) is 0 Å². The van der Waals surface area contributed by atoms with Gasteiger partial charge in [0.15, 0.2) is 0 Å². The number of nitrogens with zero attached hydrogens (tertiary/aromatic N) is 4. The predicted octanol–water partition coefficient (Wildman–Crippen LogP) is 5.81. The van der Waals surface area contributed by atoms with E-state index >= 15 is 4.39 Å². The summed E-state index contributed by atoms with van der Waals surface area (Å²) in [6.45, 7) is 7.27. The lowest BCUT2D eigenvalue weighted by Gasteiger charge is -2.36. The zero-order chi connectivity index (χ0) is 32.4. The molecule has 0 unspecified atom stereocenters. The van der Waals surface area contributed by atoms with E-state index in [9.17, 15) is 14.7 Å². The summed E-state index contributed by atoms with van der Waals surface area (Å²) in [4.78, 5) is 34.8. The van der Waals surface area contributed by atoms with Gasteiger partial charge in [0.05, 0.1) is 52.6 Å². The van der Waals surface area contributed by atoms with Gasteiger partial charge in [0.2, 0.25) is 0 Å². The van der Waals surface area contributed by atoms with Crippen molar-refractivity contribution in [2.45, 2.75) is 11.4 Å². The van der Waals surface area contributed by atoms with E-state index in [4.69, 9.17) is 32.7 Å². The highest BCUT2D eigenvalue weighted by molar-refractivity contribution is 7.99. The molecule has 2 saturated heterocycles. The number of aromatic carboxylic acids is 1. The zero-order valence-electron chi connectivity index (χ0n) is 25.4. The number of thioether (sulfide) groups is 1. The molecule has 6 rings (SSSR count). The molecule has 3 aromatic rings. The quantitative estimate of drug-likeness (QED) is 0.315. The molecule has 0 radical (unpaired) electrons. The van der Waals surface area contributed by atoms with Crippen LogP contribution in [0.3, 0.4) is 0 Å². The van der Waals surface area contributed by atoms with Gasteiger partial charge in [-0.3, -0.25) is 9.69 Å². The first-order valence-electron chi connectivity index (χ1n) is 15.1. The fraction of sp³-hybridized carbons (Fsp3) is 0.394. The molecule has 244 valence electrons. The van der Waals surface area contributed by atoms with Crippen molar-refractivity contribution in [3.05, 3.63) is 75.0 Å². The number of hydrogen-bond acceptors (Lipinski definition) is 8. The molecular weight excluding hydrogens is 654 g/mol. The molecular formula is C33H35Cl2FN4O5S. The summed E-state index contributed by atoms with van der Waals surface area (Å²) in [6.07, 6.45) is 0. The number of anilines is 2. The normalized spacial score (nSPS) is 17.3. The van der Waals surface area contributed by atoms with E-state index in [0.29, 0.717) is 65.6 Å². The van der Waals surface area contributed by atoms with Gasteiger partial charge >= 0.3 is 5.97 Å². The first kappa shape index (κ1) is 32.9. The number of methoxy groups -OCH3 is 1. The van der Waals surface area contributed by atoms with Crippen LogP contribution in [0.25, 0.3) is 11.1 Å². The van der Waals surface area contributed by atoms with Crippen LogP contribution in [0.15, 0.2) is 47.4 Å². The van der Waals surface area contributed by atoms with Crippen LogP contribution >= 0.6 is 35.0 Å². The third-order valence-electron chi connectivity index (χ3n) is 8.66. The van der Waals surface area contributed by atoms with Gasteiger partial charge in [-0.05, 0) is 35.4 Å². The van der Waals surface area contributed by atoms with Gasteiger partial charge in [-0.25, -0.2) is 9.18 Å². The monoisotopic (exact) mass is 688 g/mol.